The number of para-hydroxylation sites is 1. The summed E-state index contributed by atoms with van der Waals surface area (Å²) in [5, 5.41) is 22.9. The van der Waals surface area contributed by atoms with Crippen LogP contribution in [0.15, 0.2) is 78.9 Å². The lowest BCUT2D eigenvalue weighted by Crippen LogP contribution is -2.22. The minimum atomic E-state index is -0.762. The predicted octanol–water partition coefficient (Wildman–Crippen LogP) is 4.53. The van der Waals surface area contributed by atoms with E-state index in [1.165, 1.54) is 17.6 Å². The minimum absolute atomic E-state index is 0.115. The van der Waals surface area contributed by atoms with E-state index < -0.39 is 24.0 Å². The molecule has 0 unspecified atom stereocenters. The summed E-state index contributed by atoms with van der Waals surface area (Å²) in [6.07, 6.45) is 1.28. The number of amides is 2. The Bertz CT molecular complexity index is 1070. The van der Waals surface area contributed by atoms with Gasteiger partial charge in [0.25, 0.3) is 5.91 Å². The zero-order valence-corrected chi connectivity index (χ0v) is 16.3. The quantitative estimate of drug-likeness (QED) is 0.273. The lowest BCUT2D eigenvalue weighted by atomic mass is 9.92. The van der Waals surface area contributed by atoms with E-state index in [9.17, 15) is 14.7 Å². The maximum Gasteiger partial charge on any atom is 0.412 e. The second-order valence-corrected chi connectivity index (χ2v) is 6.73. The SMILES string of the molecule is C[C@@H](/C=C/C(=O)NO)[C@H](OC(=O)Nc1ccccc1)c1ccc(O)c2ccccc12. The van der Waals surface area contributed by atoms with Gasteiger partial charge in [0, 0.05) is 28.6 Å². The minimum Gasteiger partial charge on any atom is -0.507 e. The van der Waals surface area contributed by atoms with E-state index >= 15 is 0 Å². The first-order valence-electron chi connectivity index (χ1n) is 9.35. The van der Waals surface area contributed by atoms with Crippen molar-refractivity contribution >= 4 is 28.5 Å². The van der Waals surface area contributed by atoms with Crippen LogP contribution in [0, 0.1) is 5.92 Å². The fraction of sp³-hybridized carbons (Fsp3) is 0.130. The molecule has 2 amide bonds. The van der Waals surface area contributed by atoms with E-state index in [0.717, 1.165) is 5.39 Å². The molecule has 154 valence electrons. The van der Waals surface area contributed by atoms with Crippen LogP contribution in [0.1, 0.15) is 18.6 Å². The Morgan fingerprint density at radius 3 is 2.33 bits per heavy atom. The highest BCUT2D eigenvalue weighted by atomic mass is 16.6. The van der Waals surface area contributed by atoms with Gasteiger partial charge in [0.2, 0.25) is 0 Å². The Labute approximate surface area is 173 Å². The zero-order chi connectivity index (χ0) is 21.5. The van der Waals surface area contributed by atoms with E-state index in [-0.39, 0.29) is 5.75 Å². The molecule has 0 saturated carbocycles. The summed E-state index contributed by atoms with van der Waals surface area (Å²) in [7, 11) is 0. The first-order chi connectivity index (χ1) is 14.5. The number of fused-ring (bicyclic) bond motifs is 1. The molecular formula is C23H22N2O5. The van der Waals surface area contributed by atoms with Gasteiger partial charge < -0.3 is 9.84 Å². The molecule has 0 radical (unpaired) electrons. The molecule has 3 aromatic rings. The number of rotatable bonds is 6. The number of phenolic OH excluding ortho intramolecular Hbond substituents is 1. The highest BCUT2D eigenvalue weighted by molar-refractivity contribution is 5.92. The van der Waals surface area contributed by atoms with E-state index in [1.807, 2.05) is 18.2 Å². The summed E-state index contributed by atoms with van der Waals surface area (Å²) < 4.78 is 5.74. The van der Waals surface area contributed by atoms with Gasteiger partial charge in [-0.3, -0.25) is 15.3 Å². The Morgan fingerprint density at radius 1 is 0.967 bits per heavy atom. The van der Waals surface area contributed by atoms with Crippen LogP contribution in [0.3, 0.4) is 0 Å². The third-order valence-electron chi connectivity index (χ3n) is 4.63. The zero-order valence-electron chi connectivity index (χ0n) is 16.3. The summed E-state index contributed by atoms with van der Waals surface area (Å²) >= 11 is 0. The van der Waals surface area contributed by atoms with Gasteiger partial charge in [0.15, 0.2) is 0 Å². The van der Waals surface area contributed by atoms with Gasteiger partial charge in [-0.15, -0.1) is 0 Å². The highest BCUT2D eigenvalue weighted by Crippen LogP contribution is 2.36. The number of nitrogens with one attached hydrogen (secondary N) is 2. The molecule has 0 heterocycles. The number of benzene rings is 3. The van der Waals surface area contributed by atoms with Gasteiger partial charge in [0.05, 0.1) is 0 Å². The van der Waals surface area contributed by atoms with Crippen LogP contribution < -0.4 is 10.8 Å². The molecule has 0 spiro atoms. The van der Waals surface area contributed by atoms with Crippen molar-refractivity contribution in [2.45, 2.75) is 13.0 Å². The third-order valence-corrected chi connectivity index (χ3v) is 4.63. The topological polar surface area (TPSA) is 108 Å². The van der Waals surface area contributed by atoms with Crippen molar-refractivity contribution < 1.29 is 24.6 Å². The van der Waals surface area contributed by atoms with Crippen molar-refractivity contribution in [3.05, 3.63) is 84.4 Å². The first-order valence-corrected chi connectivity index (χ1v) is 9.35. The normalized spacial score (nSPS) is 13.0. The average Bonchev–Trinajstić information content (AvgIpc) is 2.77. The van der Waals surface area contributed by atoms with Crippen LogP contribution in [0.2, 0.25) is 0 Å². The number of aromatic hydroxyl groups is 1. The number of hydroxylamine groups is 1. The van der Waals surface area contributed by atoms with E-state index in [4.69, 9.17) is 9.94 Å². The van der Waals surface area contributed by atoms with Gasteiger partial charge >= 0.3 is 6.09 Å². The number of ether oxygens (including phenoxy) is 1. The molecule has 0 aromatic heterocycles. The standard InChI is InChI=1S/C23H22N2O5/c1-15(11-14-21(27)25-29)22(30-23(28)24-16-7-3-2-4-8-16)19-12-13-20(26)18-10-6-5-9-17(18)19/h2-15,22,26,29H,1H3,(H,24,28)(H,25,27)/b14-11+/t15-,22-/m0/s1. The van der Waals surface area contributed by atoms with Crippen LogP contribution in [0.5, 0.6) is 5.75 Å². The van der Waals surface area contributed by atoms with E-state index in [1.54, 1.807) is 55.5 Å². The summed E-state index contributed by atoms with van der Waals surface area (Å²) in [6, 6.07) is 19.4. The number of anilines is 1. The Kier molecular flexibility index (Phi) is 6.67. The Morgan fingerprint density at radius 2 is 1.63 bits per heavy atom. The number of hydrogen-bond donors (Lipinski definition) is 4. The van der Waals surface area contributed by atoms with Crippen molar-refractivity contribution in [2.24, 2.45) is 5.92 Å². The molecule has 0 aliphatic rings. The summed E-state index contributed by atoms with van der Waals surface area (Å²) in [4.78, 5) is 24.0. The average molecular weight is 406 g/mol. The number of carbonyl (C=O) groups excluding carboxylic acids is 2. The number of carbonyl (C=O) groups is 2. The maximum atomic E-state index is 12.6. The van der Waals surface area contributed by atoms with Crippen molar-refractivity contribution in [1.29, 1.82) is 0 Å². The molecule has 0 aliphatic carbocycles. The maximum absolute atomic E-state index is 12.6. The molecule has 3 rings (SSSR count). The number of phenols is 1. The Hall–Kier alpha value is -3.84. The van der Waals surface area contributed by atoms with Crippen molar-refractivity contribution in [3.8, 4) is 5.75 Å². The molecule has 7 nitrogen and oxygen atoms in total. The van der Waals surface area contributed by atoms with Gasteiger partial charge in [-0.2, -0.15) is 0 Å². The van der Waals surface area contributed by atoms with Crippen molar-refractivity contribution in [2.75, 3.05) is 5.32 Å². The number of hydrogen-bond acceptors (Lipinski definition) is 5. The molecule has 7 heteroatoms. The van der Waals surface area contributed by atoms with Gasteiger partial charge in [-0.05, 0) is 23.6 Å². The van der Waals surface area contributed by atoms with Crippen LogP contribution in [-0.4, -0.2) is 22.3 Å². The monoisotopic (exact) mass is 406 g/mol. The van der Waals surface area contributed by atoms with Crippen LogP contribution in [-0.2, 0) is 9.53 Å². The second-order valence-electron chi connectivity index (χ2n) is 6.73. The molecule has 30 heavy (non-hydrogen) atoms. The van der Waals surface area contributed by atoms with E-state index in [2.05, 4.69) is 5.32 Å². The summed E-state index contributed by atoms with van der Waals surface area (Å²) in [6.45, 7) is 1.78. The molecule has 0 aliphatic heterocycles. The molecule has 2 atom stereocenters. The molecule has 0 saturated heterocycles. The smallest absolute Gasteiger partial charge is 0.412 e. The first kappa shape index (κ1) is 20.9. The molecular weight excluding hydrogens is 384 g/mol. The third kappa shape index (κ3) is 4.95. The second kappa shape index (κ2) is 9.58. The predicted molar refractivity (Wildman–Crippen MR) is 113 cm³/mol. The molecule has 4 N–H and O–H groups in total. The molecule has 0 bridgehead atoms. The van der Waals surface area contributed by atoms with Gasteiger partial charge in [-0.25, -0.2) is 10.3 Å². The fourth-order valence-electron chi connectivity index (χ4n) is 3.17. The largest absolute Gasteiger partial charge is 0.507 e. The Balaban J connectivity index is 1.96. The molecule has 0 fully saturated rings. The fourth-order valence-corrected chi connectivity index (χ4v) is 3.17. The van der Waals surface area contributed by atoms with E-state index in [0.29, 0.717) is 16.6 Å². The summed E-state index contributed by atoms with van der Waals surface area (Å²) in [5.74, 6) is -0.994. The van der Waals surface area contributed by atoms with Crippen LogP contribution >= 0.6 is 0 Å². The van der Waals surface area contributed by atoms with Crippen molar-refractivity contribution in [1.82, 2.24) is 5.48 Å². The van der Waals surface area contributed by atoms with Crippen molar-refractivity contribution in [3.63, 3.8) is 0 Å². The summed E-state index contributed by atoms with van der Waals surface area (Å²) in [5.41, 5.74) is 2.79. The van der Waals surface area contributed by atoms with Gasteiger partial charge in [-0.1, -0.05) is 61.5 Å². The highest BCUT2D eigenvalue weighted by Gasteiger charge is 2.25. The van der Waals surface area contributed by atoms with Crippen LogP contribution in [0.4, 0.5) is 10.5 Å². The van der Waals surface area contributed by atoms with Gasteiger partial charge in [0.1, 0.15) is 11.9 Å². The molecule has 3 aromatic carbocycles. The van der Waals surface area contributed by atoms with Crippen LogP contribution in [0.25, 0.3) is 10.8 Å². The lowest BCUT2D eigenvalue weighted by Gasteiger charge is -2.24. The lowest BCUT2D eigenvalue weighted by molar-refractivity contribution is -0.124.